The van der Waals surface area contributed by atoms with E-state index in [-0.39, 0.29) is 15.4 Å². The van der Waals surface area contributed by atoms with E-state index in [2.05, 4.69) is 15.5 Å². The molecule has 0 aliphatic heterocycles. The number of benzene rings is 1. The molecule has 7 heteroatoms. The predicted molar refractivity (Wildman–Crippen MR) is 75.1 cm³/mol. The summed E-state index contributed by atoms with van der Waals surface area (Å²) in [5.41, 5.74) is 0.667. The second-order valence-electron chi connectivity index (χ2n) is 3.69. The Bertz CT molecular complexity index is 556. The van der Waals surface area contributed by atoms with Gasteiger partial charge in [-0.2, -0.15) is 0 Å². The van der Waals surface area contributed by atoms with Crippen molar-refractivity contribution in [2.75, 3.05) is 11.9 Å². The SMILES string of the molecule is CCCOc1ccc(NC(=O)c2nnc(Cl)s2)cc1. The van der Waals surface area contributed by atoms with Crippen molar-refractivity contribution in [2.45, 2.75) is 13.3 Å². The highest BCUT2D eigenvalue weighted by molar-refractivity contribution is 7.17. The van der Waals surface area contributed by atoms with Crippen molar-refractivity contribution in [1.82, 2.24) is 10.2 Å². The Labute approximate surface area is 119 Å². The highest BCUT2D eigenvalue weighted by Gasteiger charge is 2.11. The molecule has 0 atom stereocenters. The van der Waals surface area contributed by atoms with Gasteiger partial charge in [0.2, 0.25) is 9.47 Å². The maximum Gasteiger partial charge on any atom is 0.286 e. The van der Waals surface area contributed by atoms with Gasteiger partial charge in [0.15, 0.2) is 0 Å². The molecule has 2 aromatic rings. The van der Waals surface area contributed by atoms with Crippen molar-refractivity contribution in [3.8, 4) is 5.75 Å². The molecule has 0 fully saturated rings. The zero-order valence-corrected chi connectivity index (χ0v) is 11.8. The van der Waals surface area contributed by atoms with Gasteiger partial charge in [0.25, 0.3) is 5.91 Å². The molecule has 0 bridgehead atoms. The molecule has 0 radical (unpaired) electrons. The molecule has 0 aliphatic carbocycles. The second kappa shape index (κ2) is 6.49. The zero-order chi connectivity index (χ0) is 13.7. The highest BCUT2D eigenvalue weighted by Crippen LogP contribution is 2.19. The van der Waals surface area contributed by atoms with Crippen LogP contribution >= 0.6 is 22.9 Å². The Morgan fingerprint density at radius 2 is 2.11 bits per heavy atom. The lowest BCUT2D eigenvalue weighted by Gasteiger charge is -2.06. The van der Waals surface area contributed by atoms with Gasteiger partial charge in [0.1, 0.15) is 5.75 Å². The second-order valence-corrected chi connectivity index (χ2v) is 5.25. The molecule has 1 aromatic carbocycles. The molecule has 0 unspecified atom stereocenters. The number of nitrogens with one attached hydrogen (secondary N) is 1. The van der Waals surface area contributed by atoms with Crippen LogP contribution in [0, 0.1) is 0 Å². The van der Waals surface area contributed by atoms with Crippen LogP contribution in [0.4, 0.5) is 5.69 Å². The summed E-state index contributed by atoms with van der Waals surface area (Å²) in [6.45, 7) is 2.72. The monoisotopic (exact) mass is 297 g/mol. The van der Waals surface area contributed by atoms with E-state index in [4.69, 9.17) is 16.3 Å². The fourth-order valence-electron chi connectivity index (χ4n) is 1.34. The van der Waals surface area contributed by atoms with Gasteiger partial charge in [-0.05, 0) is 42.3 Å². The van der Waals surface area contributed by atoms with Gasteiger partial charge in [-0.3, -0.25) is 4.79 Å². The molecule has 0 saturated heterocycles. The summed E-state index contributed by atoms with van der Waals surface area (Å²) < 4.78 is 5.70. The van der Waals surface area contributed by atoms with Crippen LogP contribution in [-0.2, 0) is 0 Å². The van der Waals surface area contributed by atoms with E-state index in [1.165, 1.54) is 0 Å². The molecular formula is C12H12ClN3O2S. The Kier molecular flexibility index (Phi) is 4.70. The highest BCUT2D eigenvalue weighted by atomic mass is 35.5. The van der Waals surface area contributed by atoms with Crippen molar-refractivity contribution < 1.29 is 9.53 Å². The van der Waals surface area contributed by atoms with Gasteiger partial charge in [0, 0.05) is 5.69 Å². The van der Waals surface area contributed by atoms with Gasteiger partial charge < -0.3 is 10.1 Å². The number of hydrogen-bond donors (Lipinski definition) is 1. The van der Waals surface area contributed by atoms with Gasteiger partial charge in [-0.1, -0.05) is 18.3 Å². The molecule has 0 saturated carbocycles. The summed E-state index contributed by atoms with van der Waals surface area (Å²) in [6, 6.07) is 7.15. The Morgan fingerprint density at radius 1 is 1.37 bits per heavy atom. The lowest BCUT2D eigenvalue weighted by Crippen LogP contribution is -2.11. The third kappa shape index (κ3) is 3.90. The summed E-state index contributed by atoms with van der Waals surface area (Å²) >= 11 is 6.66. The Morgan fingerprint density at radius 3 is 2.68 bits per heavy atom. The summed E-state index contributed by atoms with van der Waals surface area (Å²) in [5, 5.41) is 10.2. The number of rotatable bonds is 5. The van der Waals surface area contributed by atoms with E-state index in [9.17, 15) is 4.79 Å². The van der Waals surface area contributed by atoms with E-state index in [0.717, 1.165) is 23.5 Å². The van der Waals surface area contributed by atoms with Gasteiger partial charge >= 0.3 is 0 Å². The average molecular weight is 298 g/mol. The Hall–Kier alpha value is -1.66. The van der Waals surface area contributed by atoms with Crippen LogP contribution in [0.15, 0.2) is 24.3 Å². The lowest BCUT2D eigenvalue weighted by atomic mass is 10.3. The van der Waals surface area contributed by atoms with Gasteiger partial charge in [-0.15, -0.1) is 10.2 Å². The molecule has 5 nitrogen and oxygen atoms in total. The fraction of sp³-hybridized carbons (Fsp3) is 0.250. The molecule has 2 rings (SSSR count). The number of carbonyl (C=O) groups excluding carboxylic acids is 1. The first-order valence-electron chi connectivity index (χ1n) is 5.72. The number of anilines is 1. The average Bonchev–Trinajstić information content (AvgIpc) is 2.85. The summed E-state index contributed by atoms with van der Waals surface area (Å²) in [4.78, 5) is 11.8. The quantitative estimate of drug-likeness (QED) is 0.920. The normalized spacial score (nSPS) is 10.2. The van der Waals surface area contributed by atoms with E-state index in [1.807, 2.05) is 6.92 Å². The molecule has 19 heavy (non-hydrogen) atoms. The third-order valence-electron chi connectivity index (χ3n) is 2.18. The largest absolute Gasteiger partial charge is 0.494 e. The molecule has 1 aromatic heterocycles. The first-order chi connectivity index (χ1) is 9.19. The maximum atomic E-state index is 11.8. The van der Waals surface area contributed by atoms with Crippen LogP contribution in [0.25, 0.3) is 0 Å². The molecule has 1 amide bonds. The lowest BCUT2D eigenvalue weighted by molar-refractivity contribution is 0.102. The summed E-state index contributed by atoms with van der Waals surface area (Å²) in [7, 11) is 0. The molecule has 100 valence electrons. The minimum atomic E-state index is -0.327. The standard InChI is InChI=1S/C12H12ClN3O2S/c1-2-7-18-9-5-3-8(4-6-9)14-10(17)11-15-16-12(13)19-11/h3-6H,2,7H2,1H3,(H,14,17). The van der Waals surface area contributed by atoms with Crippen LogP contribution in [0.1, 0.15) is 23.1 Å². The molecule has 0 spiro atoms. The van der Waals surface area contributed by atoms with Crippen LogP contribution in [0.2, 0.25) is 4.47 Å². The van der Waals surface area contributed by atoms with E-state index < -0.39 is 0 Å². The molecule has 1 N–H and O–H groups in total. The fourth-order valence-corrected chi connectivity index (χ4v) is 2.06. The number of carbonyl (C=O) groups is 1. The smallest absolute Gasteiger partial charge is 0.286 e. The summed E-state index contributed by atoms with van der Waals surface area (Å²) in [5.74, 6) is 0.449. The Balaban J connectivity index is 1.97. The topological polar surface area (TPSA) is 64.1 Å². The first kappa shape index (κ1) is 13.8. The third-order valence-corrected chi connectivity index (χ3v) is 3.20. The van der Waals surface area contributed by atoms with Gasteiger partial charge in [0.05, 0.1) is 6.61 Å². The van der Waals surface area contributed by atoms with Crippen molar-refractivity contribution in [2.24, 2.45) is 0 Å². The number of hydrogen-bond acceptors (Lipinski definition) is 5. The minimum absolute atomic E-state index is 0.233. The summed E-state index contributed by atoms with van der Waals surface area (Å²) in [6.07, 6.45) is 0.955. The maximum absolute atomic E-state index is 11.8. The van der Waals surface area contributed by atoms with Crippen molar-refractivity contribution in [1.29, 1.82) is 0 Å². The van der Waals surface area contributed by atoms with Crippen molar-refractivity contribution in [3.05, 3.63) is 33.7 Å². The molecule has 1 heterocycles. The number of amides is 1. The number of ether oxygens (including phenoxy) is 1. The zero-order valence-electron chi connectivity index (χ0n) is 10.2. The molecular weight excluding hydrogens is 286 g/mol. The first-order valence-corrected chi connectivity index (χ1v) is 6.91. The molecule has 0 aliphatic rings. The van der Waals surface area contributed by atoms with Crippen LogP contribution in [0.5, 0.6) is 5.75 Å². The van der Waals surface area contributed by atoms with Crippen LogP contribution in [-0.4, -0.2) is 22.7 Å². The van der Waals surface area contributed by atoms with Crippen molar-refractivity contribution >= 4 is 34.5 Å². The van der Waals surface area contributed by atoms with Crippen molar-refractivity contribution in [3.63, 3.8) is 0 Å². The van der Waals surface area contributed by atoms with E-state index >= 15 is 0 Å². The number of halogens is 1. The van der Waals surface area contributed by atoms with E-state index in [1.54, 1.807) is 24.3 Å². The van der Waals surface area contributed by atoms with Gasteiger partial charge in [-0.25, -0.2) is 0 Å². The number of nitrogens with zero attached hydrogens (tertiary/aromatic N) is 2. The predicted octanol–water partition coefficient (Wildman–Crippen LogP) is 3.23. The number of aromatic nitrogens is 2. The van der Waals surface area contributed by atoms with Crippen LogP contribution in [0.3, 0.4) is 0 Å². The van der Waals surface area contributed by atoms with E-state index in [0.29, 0.717) is 12.3 Å². The minimum Gasteiger partial charge on any atom is -0.494 e. The van der Waals surface area contributed by atoms with Crippen LogP contribution < -0.4 is 10.1 Å².